The summed E-state index contributed by atoms with van der Waals surface area (Å²) in [6.45, 7) is 2.52. The third-order valence-corrected chi connectivity index (χ3v) is 7.15. The van der Waals surface area contributed by atoms with E-state index in [1.54, 1.807) is 11.8 Å². The first-order valence-corrected chi connectivity index (χ1v) is 11.8. The van der Waals surface area contributed by atoms with Crippen molar-refractivity contribution in [3.05, 3.63) is 69.1 Å². The number of ketones is 1. The number of carbonyl (C=O) groups is 2. The van der Waals surface area contributed by atoms with Gasteiger partial charge in [0.25, 0.3) is 5.91 Å². The van der Waals surface area contributed by atoms with Crippen LogP contribution in [0.2, 0.25) is 10.0 Å². The zero-order chi connectivity index (χ0) is 25.5. The Morgan fingerprint density at radius 3 is 2.40 bits per heavy atom. The molecule has 1 amide bonds. The quantitative estimate of drug-likeness (QED) is 0.335. The van der Waals surface area contributed by atoms with Crippen molar-refractivity contribution in [3.63, 3.8) is 0 Å². The predicted octanol–water partition coefficient (Wildman–Crippen LogP) is 6.99. The van der Waals surface area contributed by atoms with Gasteiger partial charge in [-0.15, -0.1) is 0 Å². The average molecular weight is 529 g/mol. The zero-order valence-corrected chi connectivity index (χ0v) is 20.3. The lowest BCUT2D eigenvalue weighted by atomic mass is 9.91. The number of piperidine rings is 1. The summed E-state index contributed by atoms with van der Waals surface area (Å²) < 4.78 is 55.2. The van der Waals surface area contributed by atoms with Gasteiger partial charge in [-0.2, -0.15) is 13.2 Å². The number of amides is 1. The third kappa shape index (κ3) is 5.33. The molecule has 0 N–H and O–H groups in total. The predicted molar refractivity (Wildman–Crippen MR) is 126 cm³/mol. The minimum absolute atomic E-state index is 0.0191. The molecule has 1 aromatic heterocycles. The molecule has 4 nitrogen and oxygen atoms in total. The van der Waals surface area contributed by atoms with Gasteiger partial charge in [0.05, 0.1) is 28.2 Å². The summed E-state index contributed by atoms with van der Waals surface area (Å²) in [4.78, 5) is 26.2. The SMILES string of the molecule is CC(=O)CC1CCN(C(=O)c2ccc(Cl)c(Cn3ccc4cc(C(F)(F)F)cc(F)c43)c2Cl)CC1. The summed E-state index contributed by atoms with van der Waals surface area (Å²) in [7, 11) is 0. The number of fused-ring (bicyclic) bond motifs is 1. The van der Waals surface area contributed by atoms with Crippen LogP contribution < -0.4 is 0 Å². The minimum atomic E-state index is -4.67. The molecule has 2 aromatic carbocycles. The second-order valence-corrected chi connectivity index (χ2v) is 9.65. The first-order valence-electron chi connectivity index (χ1n) is 11.1. The molecular formula is C25H22Cl2F4N2O2. The Kier molecular flexibility index (Phi) is 7.16. The van der Waals surface area contributed by atoms with Gasteiger partial charge in [-0.1, -0.05) is 23.2 Å². The highest BCUT2D eigenvalue weighted by atomic mass is 35.5. The largest absolute Gasteiger partial charge is 0.416 e. The Morgan fingerprint density at radius 1 is 1.09 bits per heavy atom. The molecule has 35 heavy (non-hydrogen) atoms. The maximum absolute atomic E-state index is 14.7. The van der Waals surface area contributed by atoms with E-state index in [1.807, 2.05) is 0 Å². The molecule has 0 spiro atoms. The summed E-state index contributed by atoms with van der Waals surface area (Å²) >= 11 is 12.9. The van der Waals surface area contributed by atoms with Crippen LogP contribution in [-0.4, -0.2) is 34.2 Å². The highest BCUT2D eigenvalue weighted by Crippen LogP contribution is 2.35. The Morgan fingerprint density at radius 2 is 1.77 bits per heavy atom. The van der Waals surface area contributed by atoms with Crippen LogP contribution in [0, 0.1) is 11.7 Å². The molecule has 1 aliphatic rings. The lowest BCUT2D eigenvalue weighted by Gasteiger charge is -2.32. The summed E-state index contributed by atoms with van der Waals surface area (Å²) in [6.07, 6.45) is -1.27. The number of carbonyl (C=O) groups excluding carboxylic acids is 2. The molecule has 10 heteroatoms. The fraction of sp³-hybridized carbons (Fsp3) is 0.360. The van der Waals surface area contributed by atoms with Gasteiger partial charge >= 0.3 is 6.18 Å². The van der Waals surface area contributed by atoms with Crippen LogP contribution in [0.1, 0.15) is 47.7 Å². The maximum Gasteiger partial charge on any atom is 0.416 e. The number of halogens is 6. The zero-order valence-electron chi connectivity index (χ0n) is 18.8. The molecule has 0 radical (unpaired) electrons. The highest BCUT2D eigenvalue weighted by molar-refractivity contribution is 6.38. The van der Waals surface area contributed by atoms with Crippen LogP contribution in [-0.2, 0) is 17.5 Å². The number of hydrogen-bond acceptors (Lipinski definition) is 2. The first-order chi connectivity index (χ1) is 16.5. The molecule has 0 aliphatic carbocycles. The van der Waals surface area contributed by atoms with Crippen molar-refractivity contribution in [1.82, 2.24) is 9.47 Å². The average Bonchev–Trinajstić information content (AvgIpc) is 3.19. The number of likely N-dealkylation sites (tertiary alicyclic amines) is 1. The molecule has 1 aliphatic heterocycles. The van der Waals surface area contributed by atoms with Crippen molar-refractivity contribution in [3.8, 4) is 0 Å². The fourth-order valence-corrected chi connectivity index (χ4v) is 5.16. The van der Waals surface area contributed by atoms with Crippen LogP contribution in [0.5, 0.6) is 0 Å². The number of rotatable bonds is 5. The van der Waals surface area contributed by atoms with Crippen molar-refractivity contribution in [2.75, 3.05) is 13.1 Å². The van der Waals surface area contributed by atoms with Crippen molar-refractivity contribution < 1.29 is 27.2 Å². The summed E-state index contributed by atoms with van der Waals surface area (Å²) in [5.74, 6) is -0.911. The standard InChI is InChI=1S/C25H22Cl2F4N2O2/c1-14(34)10-15-4-7-32(8-5-15)24(35)18-2-3-20(26)19(22(18)27)13-33-9-6-16-11-17(25(29,30)31)12-21(28)23(16)33/h2-3,6,9,11-12,15H,4-5,7-8,10,13H2,1H3. The van der Waals surface area contributed by atoms with Crippen molar-refractivity contribution in [2.45, 2.75) is 38.9 Å². The lowest BCUT2D eigenvalue weighted by molar-refractivity contribution is -0.137. The van der Waals surface area contributed by atoms with Gasteiger partial charge in [-0.05, 0) is 56.0 Å². The van der Waals surface area contributed by atoms with Gasteiger partial charge in [0.15, 0.2) is 0 Å². The van der Waals surface area contributed by atoms with E-state index in [0.29, 0.717) is 31.1 Å². The first kappa shape index (κ1) is 25.5. The summed E-state index contributed by atoms with van der Waals surface area (Å²) in [5.41, 5.74) is -0.486. The summed E-state index contributed by atoms with van der Waals surface area (Å²) in [5, 5.41) is 0.452. The second kappa shape index (κ2) is 9.82. The van der Waals surface area contributed by atoms with Crippen molar-refractivity contribution >= 4 is 45.8 Å². The van der Waals surface area contributed by atoms with Gasteiger partial charge < -0.3 is 14.3 Å². The van der Waals surface area contributed by atoms with Gasteiger partial charge in [0.1, 0.15) is 11.6 Å². The Hall–Kier alpha value is -2.58. The van der Waals surface area contributed by atoms with Crippen LogP contribution in [0.25, 0.3) is 10.9 Å². The molecule has 0 unspecified atom stereocenters. The van der Waals surface area contributed by atoms with Gasteiger partial charge in [0.2, 0.25) is 0 Å². The van der Waals surface area contributed by atoms with Gasteiger partial charge in [-0.3, -0.25) is 4.79 Å². The summed E-state index contributed by atoms with van der Waals surface area (Å²) in [6, 6.07) is 5.78. The smallest absolute Gasteiger partial charge is 0.341 e. The molecule has 2 heterocycles. The molecule has 4 rings (SSSR count). The highest BCUT2D eigenvalue weighted by Gasteiger charge is 2.32. The van der Waals surface area contributed by atoms with Crippen LogP contribution in [0.15, 0.2) is 36.5 Å². The van der Waals surface area contributed by atoms with Crippen molar-refractivity contribution in [2.24, 2.45) is 5.92 Å². The van der Waals surface area contributed by atoms with Gasteiger partial charge in [-0.25, -0.2) is 4.39 Å². The number of benzene rings is 2. The number of nitrogens with zero attached hydrogens (tertiary/aromatic N) is 2. The fourth-order valence-electron chi connectivity index (χ4n) is 4.59. The molecule has 0 atom stereocenters. The van der Waals surface area contributed by atoms with E-state index in [1.165, 1.54) is 29.0 Å². The Balaban J connectivity index is 1.60. The van der Waals surface area contributed by atoms with Crippen LogP contribution in [0.4, 0.5) is 17.6 Å². The van der Waals surface area contributed by atoms with E-state index < -0.39 is 17.6 Å². The maximum atomic E-state index is 14.7. The normalized spacial score (nSPS) is 15.1. The van der Waals surface area contributed by atoms with E-state index in [4.69, 9.17) is 23.2 Å². The molecule has 1 saturated heterocycles. The minimum Gasteiger partial charge on any atom is -0.341 e. The monoisotopic (exact) mass is 528 g/mol. The lowest BCUT2D eigenvalue weighted by Crippen LogP contribution is -2.39. The molecular weight excluding hydrogens is 507 g/mol. The van der Waals surface area contributed by atoms with E-state index in [-0.39, 0.29) is 50.7 Å². The van der Waals surface area contributed by atoms with Gasteiger partial charge in [0, 0.05) is 41.7 Å². The number of alkyl halides is 3. The van der Waals surface area contributed by atoms with E-state index in [9.17, 15) is 27.2 Å². The second-order valence-electron chi connectivity index (χ2n) is 8.87. The Labute approximate surface area is 209 Å². The van der Waals surface area contributed by atoms with Crippen LogP contribution in [0.3, 0.4) is 0 Å². The van der Waals surface area contributed by atoms with E-state index in [0.717, 1.165) is 18.9 Å². The molecule has 1 fully saturated rings. The molecule has 0 bridgehead atoms. The molecule has 3 aromatic rings. The number of Topliss-reactive ketones (excluding diaryl/α,β-unsaturated/α-hetero) is 1. The van der Waals surface area contributed by atoms with E-state index in [2.05, 4.69) is 0 Å². The molecule has 186 valence electrons. The van der Waals surface area contributed by atoms with Crippen LogP contribution >= 0.6 is 23.2 Å². The topological polar surface area (TPSA) is 42.3 Å². The molecule has 0 saturated carbocycles. The van der Waals surface area contributed by atoms with Crippen molar-refractivity contribution in [1.29, 1.82) is 0 Å². The third-order valence-electron chi connectivity index (χ3n) is 6.36. The number of aromatic nitrogens is 1. The number of hydrogen-bond donors (Lipinski definition) is 0. The Bertz CT molecular complexity index is 1290. The van der Waals surface area contributed by atoms with E-state index >= 15 is 0 Å².